The Morgan fingerprint density at radius 1 is 1.15 bits per heavy atom. The van der Waals surface area contributed by atoms with Gasteiger partial charge in [-0.15, -0.1) is 0 Å². The largest absolute Gasteiger partial charge is 0.457 e. The fourth-order valence-electron chi connectivity index (χ4n) is 3.58. The summed E-state index contributed by atoms with van der Waals surface area (Å²) in [5.41, 5.74) is 8.72. The van der Waals surface area contributed by atoms with Crippen LogP contribution in [-0.2, 0) is 22.6 Å². The van der Waals surface area contributed by atoms with Crippen molar-refractivity contribution in [1.82, 2.24) is 4.98 Å². The third-order valence-corrected chi connectivity index (χ3v) is 5.09. The molecular formula is C23H26N2O2. The zero-order valence-corrected chi connectivity index (χ0v) is 16.6. The van der Waals surface area contributed by atoms with E-state index in [0.717, 1.165) is 28.9 Å². The Morgan fingerprint density at radius 3 is 2.48 bits per heavy atom. The summed E-state index contributed by atoms with van der Waals surface area (Å²) in [5, 5.41) is 0. The van der Waals surface area contributed by atoms with E-state index in [4.69, 9.17) is 4.74 Å². The molecule has 0 atom stereocenters. The number of hydrogen-bond acceptors (Lipinski definition) is 3. The number of hydrogen-bond donors (Lipinski definition) is 1. The second-order valence-corrected chi connectivity index (χ2v) is 6.91. The maximum atomic E-state index is 12.6. The third kappa shape index (κ3) is 3.80. The Kier molecular flexibility index (Phi) is 5.45. The van der Waals surface area contributed by atoms with Crippen molar-refractivity contribution >= 4 is 17.8 Å². The summed E-state index contributed by atoms with van der Waals surface area (Å²) in [7, 11) is 0. The Labute approximate surface area is 160 Å². The first-order valence-electron chi connectivity index (χ1n) is 9.30. The van der Waals surface area contributed by atoms with Crippen LogP contribution in [0.1, 0.15) is 48.8 Å². The molecule has 1 aliphatic heterocycles. The SMILES string of the molecule is CCc1c(C)[nH]c(/C=C2\N=C(C)C(C(=O)OCc3ccccc3)=C2C)c1C. The number of esters is 1. The summed E-state index contributed by atoms with van der Waals surface area (Å²) < 4.78 is 5.50. The van der Waals surface area contributed by atoms with Crippen molar-refractivity contribution in [3.8, 4) is 0 Å². The van der Waals surface area contributed by atoms with E-state index < -0.39 is 0 Å². The molecule has 2 aromatic rings. The topological polar surface area (TPSA) is 54.5 Å². The predicted molar refractivity (Wildman–Crippen MR) is 110 cm³/mol. The third-order valence-electron chi connectivity index (χ3n) is 5.09. The summed E-state index contributed by atoms with van der Waals surface area (Å²) in [5.74, 6) is -0.324. The number of allylic oxidation sites excluding steroid dienone is 1. The Hall–Kier alpha value is -2.88. The predicted octanol–water partition coefficient (Wildman–Crippen LogP) is 5.07. The Morgan fingerprint density at radius 2 is 1.85 bits per heavy atom. The molecule has 140 valence electrons. The standard InChI is InChI=1S/C23H26N2O2/c1-6-19-14(2)20(24-16(19)4)12-21-15(3)22(17(5)25-21)23(26)27-13-18-10-8-7-9-11-18/h7-12,24H,6,13H2,1-5H3/b21-12-. The van der Waals surface area contributed by atoms with Crippen LogP contribution in [0.25, 0.3) is 6.08 Å². The van der Waals surface area contributed by atoms with E-state index in [2.05, 4.69) is 30.7 Å². The Bertz CT molecular complexity index is 960. The number of H-pyrrole nitrogens is 1. The minimum Gasteiger partial charge on any atom is -0.457 e. The summed E-state index contributed by atoms with van der Waals surface area (Å²) >= 11 is 0. The number of aromatic nitrogens is 1. The quantitative estimate of drug-likeness (QED) is 0.755. The molecule has 27 heavy (non-hydrogen) atoms. The number of carbonyl (C=O) groups excluding carboxylic acids is 1. The number of rotatable bonds is 5. The monoisotopic (exact) mass is 362 g/mol. The minimum atomic E-state index is -0.324. The highest BCUT2D eigenvalue weighted by molar-refractivity contribution is 6.22. The normalized spacial score (nSPS) is 15.4. The second-order valence-electron chi connectivity index (χ2n) is 6.91. The number of nitrogens with zero attached hydrogens (tertiary/aromatic N) is 1. The van der Waals surface area contributed by atoms with Gasteiger partial charge in [-0.3, -0.25) is 4.99 Å². The molecule has 0 aliphatic carbocycles. The van der Waals surface area contributed by atoms with Crippen LogP contribution in [0, 0.1) is 13.8 Å². The van der Waals surface area contributed by atoms with Crippen LogP contribution in [0.15, 0.2) is 52.2 Å². The maximum absolute atomic E-state index is 12.6. The first-order chi connectivity index (χ1) is 12.9. The van der Waals surface area contributed by atoms with Gasteiger partial charge in [0, 0.05) is 11.4 Å². The van der Waals surface area contributed by atoms with E-state index in [1.54, 1.807) is 0 Å². The highest BCUT2D eigenvalue weighted by Crippen LogP contribution is 2.29. The van der Waals surface area contributed by atoms with Gasteiger partial charge >= 0.3 is 5.97 Å². The lowest BCUT2D eigenvalue weighted by Crippen LogP contribution is -2.13. The van der Waals surface area contributed by atoms with E-state index >= 15 is 0 Å². The van der Waals surface area contributed by atoms with E-state index in [1.807, 2.05) is 50.3 Å². The van der Waals surface area contributed by atoms with Crippen LogP contribution in [-0.4, -0.2) is 16.7 Å². The molecular weight excluding hydrogens is 336 g/mol. The second kappa shape index (κ2) is 7.78. The molecule has 0 saturated carbocycles. The van der Waals surface area contributed by atoms with Gasteiger partial charge in [-0.1, -0.05) is 37.3 Å². The van der Waals surface area contributed by atoms with Crippen LogP contribution >= 0.6 is 0 Å². The number of benzene rings is 1. The molecule has 0 spiro atoms. The molecule has 0 radical (unpaired) electrons. The summed E-state index contributed by atoms with van der Waals surface area (Å²) in [6.45, 7) is 10.4. The smallest absolute Gasteiger partial charge is 0.340 e. The first-order valence-corrected chi connectivity index (χ1v) is 9.30. The van der Waals surface area contributed by atoms with Gasteiger partial charge in [-0.05, 0) is 62.5 Å². The van der Waals surface area contributed by atoms with Gasteiger partial charge in [0.1, 0.15) is 6.61 Å². The van der Waals surface area contributed by atoms with Crippen LogP contribution in [0.2, 0.25) is 0 Å². The molecule has 1 aliphatic rings. The molecule has 2 heterocycles. The molecule has 1 N–H and O–H groups in total. The van der Waals surface area contributed by atoms with Crippen molar-refractivity contribution < 1.29 is 9.53 Å². The molecule has 4 heteroatoms. The number of ether oxygens (including phenoxy) is 1. The van der Waals surface area contributed by atoms with Crippen molar-refractivity contribution in [3.05, 3.63) is 75.3 Å². The number of carbonyl (C=O) groups is 1. The van der Waals surface area contributed by atoms with Crippen molar-refractivity contribution in [2.24, 2.45) is 4.99 Å². The zero-order valence-electron chi connectivity index (χ0n) is 16.6. The maximum Gasteiger partial charge on any atom is 0.340 e. The van der Waals surface area contributed by atoms with Crippen molar-refractivity contribution in [3.63, 3.8) is 0 Å². The van der Waals surface area contributed by atoms with Gasteiger partial charge in [-0.25, -0.2) is 4.79 Å². The number of aliphatic imine (C=N–C) groups is 1. The summed E-state index contributed by atoms with van der Waals surface area (Å²) in [4.78, 5) is 20.7. The number of aromatic amines is 1. The average molecular weight is 362 g/mol. The molecule has 1 aromatic carbocycles. The van der Waals surface area contributed by atoms with Gasteiger partial charge in [0.05, 0.1) is 17.0 Å². The number of aryl methyl sites for hydroxylation is 1. The molecule has 3 rings (SSSR count). The van der Waals surface area contributed by atoms with Crippen LogP contribution in [0.4, 0.5) is 0 Å². The van der Waals surface area contributed by atoms with E-state index in [-0.39, 0.29) is 12.6 Å². The Balaban J connectivity index is 1.84. The van der Waals surface area contributed by atoms with Crippen LogP contribution in [0.5, 0.6) is 0 Å². The summed E-state index contributed by atoms with van der Waals surface area (Å²) in [6.07, 6.45) is 3.02. The molecule has 4 nitrogen and oxygen atoms in total. The van der Waals surface area contributed by atoms with E-state index in [0.29, 0.717) is 11.3 Å². The van der Waals surface area contributed by atoms with Crippen molar-refractivity contribution in [2.75, 3.05) is 0 Å². The molecule has 0 bridgehead atoms. The fraction of sp³-hybridized carbons (Fsp3) is 0.304. The van der Waals surface area contributed by atoms with Gasteiger partial charge in [0.15, 0.2) is 0 Å². The van der Waals surface area contributed by atoms with Crippen molar-refractivity contribution in [2.45, 2.75) is 47.6 Å². The van der Waals surface area contributed by atoms with Gasteiger partial charge < -0.3 is 9.72 Å². The first kappa shape index (κ1) is 18.9. The lowest BCUT2D eigenvalue weighted by atomic mass is 10.0. The average Bonchev–Trinajstić information content (AvgIpc) is 3.08. The fourth-order valence-corrected chi connectivity index (χ4v) is 3.58. The van der Waals surface area contributed by atoms with E-state index in [1.165, 1.54) is 16.8 Å². The van der Waals surface area contributed by atoms with Gasteiger partial charge in [-0.2, -0.15) is 0 Å². The van der Waals surface area contributed by atoms with Gasteiger partial charge in [0.25, 0.3) is 0 Å². The van der Waals surface area contributed by atoms with Crippen molar-refractivity contribution in [1.29, 1.82) is 0 Å². The number of nitrogens with one attached hydrogen (secondary N) is 1. The minimum absolute atomic E-state index is 0.261. The summed E-state index contributed by atoms with van der Waals surface area (Å²) in [6, 6.07) is 9.69. The zero-order chi connectivity index (χ0) is 19.6. The molecule has 1 aromatic heterocycles. The molecule has 0 saturated heterocycles. The molecule has 0 unspecified atom stereocenters. The lowest BCUT2D eigenvalue weighted by Gasteiger charge is -2.07. The lowest BCUT2D eigenvalue weighted by molar-refractivity contribution is -0.139. The van der Waals surface area contributed by atoms with Crippen LogP contribution in [0.3, 0.4) is 0 Å². The highest BCUT2D eigenvalue weighted by atomic mass is 16.5. The van der Waals surface area contributed by atoms with Gasteiger partial charge in [0.2, 0.25) is 0 Å². The molecule has 0 amide bonds. The molecule has 0 fully saturated rings. The van der Waals surface area contributed by atoms with Crippen LogP contribution < -0.4 is 0 Å². The van der Waals surface area contributed by atoms with E-state index in [9.17, 15) is 4.79 Å². The highest BCUT2D eigenvalue weighted by Gasteiger charge is 2.25.